The number of nitriles is 1. The van der Waals surface area contributed by atoms with E-state index in [1.165, 1.54) is 21.2 Å². The van der Waals surface area contributed by atoms with Crippen molar-refractivity contribution in [1.29, 1.82) is 5.26 Å². The fourth-order valence-corrected chi connectivity index (χ4v) is 4.64. The predicted octanol–water partition coefficient (Wildman–Crippen LogP) is 3.41. The number of nitrogens with zero attached hydrogens (tertiary/aromatic N) is 3. The van der Waals surface area contributed by atoms with Crippen molar-refractivity contribution in [2.45, 2.75) is 20.4 Å². The third-order valence-corrected chi connectivity index (χ3v) is 6.46. The van der Waals surface area contributed by atoms with Gasteiger partial charge in [0.2, 0.25) is 0 Å². The molecule has 0 spiro atoms. The van der Waals surface area contributed by atoms with Crippen LogP contribution in [0.4, 0.5) is 5.82 Å². The number of pyridine rings is 1. The van der Waals surface area contributed by atoms with Crippen LogP contribution >= 0.6 is 24.0 Å². The standard InChI is InChI=1S/C22H22N4O3S2/c1-5-26-21(28)18(31-22(26)30)10-16-13(2)17(11-23)20(27)25(3)19(16)24-12-14-6-8-15(29-4)9-7-14/h6-10,24H,5,12H2,1-4H3/b18-10+. The molecule has 3 rings (SSSR count). The maximum Gasteiger partial charge on any atom is 0.270 e. The first-order valence-corrected chi connectivity index (χ1v) is 10.8. The third kappa shape index (κ3) is 4.36. The molecule has 1 aliphatic rings. The van der Waals surface area contributed by atoms with Gasteiger partial charge < -0.3 is 10.1 Å². The lowest BCUT2D eigenvalue weighted by Crippen LogP contribution is -2.27. The number of hydrogen-bond donors (Lipinski definition) is 1. The van der Waals surface area contributed by atoms with Crippen LogP contribution in [0.15, 0.2) is 34.0 Å². The molecule has 0 aliphatic carbocycles. The van der Waals surface area contributed by atoms with E-state index in [1.807, 2.05) is 37.3 Å². The zero-order valence-electron chi connectivity index (χ0n) is 17.7. The highest BCUT2D eigenvalue weighted by Crippen LogP contribution is 2.34. The van der Waals surface area contributed by atoms with Gasteiger partial charge in [-0.25, -0.2) is 0 Å². The molecule has 1 aromatic heterocycles. The fourth-order valence-electron chi connectivity index (χ4n) is 3.28. The summed E-state index contributed by atoms with van der Waals surface area (Å²) >= 11 is 6.52. The molecule has 0 bridgehead atoms. The van der Waals surface area contributed by atoms with E-state index in [0.717, 1.165) is 11.3 Å². The molecule has 1 aromatic carbocycles. The molecule has 1 N–H and O–H groups in total. The highest BCUT2D eigenvalue weighted by atomic mass is 32.2. The summed E-state index contributed by atoms with van der Waals surface area (Å²) in [5.74, 6) is 1.11. The summed E-state index contributed by atoms with van der Waals surface area (Å²) in [6.45, 7) is 4.51. The maximum absolute atomic E-state index is 12.7. The van der Waals surface area contributed by atoms with Gasteiger partial charge in [-0.05, 0) is 43.2 Å². The second-order valence-electron chi connectivity index (χ2n) is 6.87. The average Bonchev–Trinajstić information content (AvgIpc) is 3.04. The minimum Gasteiger partial charge on any atom is -0.497 e. The molecule has 1 saturated heterocycles. The van der Waals surface area contributed by atoms with Crippen LogP contribution in [0.3, 0.4) is 0 Å². The largest absolute Gasteiger partial charge is 0.497 e. The van der Waals surface area contributed by atoms with Crippen LogP contribution in [-0.4, -0.2) is 33.3 Å². The molecule has 1 fully saturated rings. The molecule has 2 aromatic rings. The highest BCUT2D eigenvalue weighted by Gasteiger charge is 2.31. The number of anilines is 1. The molecule has 160 valence electrons. The SMILES string of the molecule is CCN1C(=O)/C(=C\c2c(C)c(C#N)c(=O)n(C)c2NCc2ccc(OC)cc2)SC1=S. The number of methoxy groups -OCH3 is 1. The Morgan fingerprint density at radius 2 is 1.97 bits per heavy atom. The minimum absolute atomic E-state index is 0.0507. The zero-order valence-corrected chi connectivity index (χ0v) is 19.3. The van der Waals surface area contributed by atoms with Crippen LogP contribution in [-0.2, 0) is 18.4 Å². The van der Waals surface area contributed by atoms with Crippen molar-refractivity contribution >= 4 is 46.1 Å². The number of thioether (sulfide) groups is 1. The Labute approximate surface area is 190 Å². The normalized spacial score (nSPS) is 14.8. The van der Waals surface area contributed by atoms with Crippen LogP contribution in [0.25, 0.3) is 6.08 Å². The van der Waals surface area contributed by atoms with Crippen molar-refractivity contribution in [3.05, 3.63) is 61.8 Å². The van der Waals surface area contributed by atoms with Crippen molar-refractivity contribution in [2.75, 3.05) is 19.0 Å². The lowest BCUT2D eigenvalue weighted by atomic mass is 10.0. The van der Waals surface area contributed by atoms with Gasteiger partial charge in [0.15, 0.2) is 0 Å². The minimum atomic E-state index is -0.393. The van der Waals surface area contributed by atoms with Crippen molar-refractivity contribution in [2.24, 2.45) is 7.05 Å². The lowest BCUT2D eigenvalue weighted by molar-refractivity contribution is -0.121. The van der Waals surface area contributed by atoms with E-state index >= 15 is 0 Å². The summed E-state index contributed by atoms with van der Waals surface area (Å²) in [5, 5.41) is 12.8. The monoisotopic (exact) mass is 454 g/mol. The molecular weight excluding hydrogens is 432 g/mol. The summed E-state index contributed by atoms with van der Waals surface area (Å²) < 4.78 is 7.08. The van der Waals surface area contributed by atoms with Gasteiger partial charge in [-0.2, -0.15) is 5.26 Å². The number of ether oxygens (including phenoxy) is 1. The summed E-state index contributed by atoms with van der Waals surface area (Å²) in [6, 6.07) is 9.55. The zero-order chi connectivity index (χ0) is 22.7. The molecule has 2 heterocycles. The first-order valence-electron chi connectivity index (χ1n) is 9.58. The van der Waals surface area contributed by atoms with E-state index in [9.17, 15) is 14.9 Å². The number of nitrogens with one attached hydrogen (secondary N) is 1. The Balaban J connectivity index is 2.07. The fraction of sp³-hybridized carbons (Fsp3) is 0.273. The van der Waals surface area contributed by atoms with Gasteiger partial charge in [-0.3, -0.25) is 19.1 Å². The van der Waals surface area contributed by atoms with Gasteiger partial charge >= 0.3 is 0 Å². The molecule has 0 unspecified atom stereocenters. The van der Waals surface area contributed by atoms with Gasteiger partial charge in [0.05, 0.1) is 12.0 Å². The van der Waals surface area contributed by atoms with E-state index in [0.29, 0.717) is 39.3 Å². The number of thiocarbonyl (C=S) groups is 1. The first kappa shape index (κ1) is 22.6. The van der Waals surface area contributed by atoms with Crippen molar-refractivity contribution in [1.82, 2.24) is 9.47 Å². The summed E-state index contributed by atoms with van der Waals surface area (Å²) in [4.78, 5) is 27.4. The van der Waals surface area contributed by atoms with Gasteiger partial charge in [0, 0.05) is 25.7 Å². The molecule has 1 aliphatic heterocycles. The smallest absolute Gasteiger partial charge is 0.270 e. The van der Waals surface area contributed by atoms with Crippen LogP contribution in [0.5, 0.6) is 5.75 Å². The molecule has 0 saturated carbocycles. The maximum atomic E-state index is 12.7. The number of likely N-dealkylation sites (N-methyl/N-ethyl adjacent to an activating group) is 1. The number of carbonyl (C=O) groups is 1. The summed E-state index contributed by atoms with van der Waals surface area (Å²) in [5.41, 5.74) is 1.78. The van der Waals surface area contributed by atoms with E-state index in [1.54, 1.807) is 27.2 Å². The summed E-state index contributed by atoms with van der Waals surface area (Å²) in [7, 11) is 3.21. The van der Waals surface area contributed by atoms with Gasteiger partial charge in [0.1, 0.15) is 27.5 Å². The van der Waals surface area contributed by atoms with Crippen LogP contribution in [0, 0.1) is 18.3 Å². The van der Waals surface area contributed by atoms with Gasteiger partial charge in [-0.15, -0.1) is 0 Å². The topological polar surface area (TPSA) is 87.4 Å². The van der Waals surface area contributed by atoms with Crippen LogP contribution in [0.1, 0.15) is 29.2 Å². The van der Waals surface area contributed by atoms with Crippen LogP contribution < -0.4 is 15.6 Å². The molecule has 0 atom stereocenters. The quantitative estimate of drug-likeness (QED) is 0.529. The third-order valence-electron chi connectivity index (χ3n) is 5.08. The van der Waals surface area contributed by atoms with Gasteiger partial charge in [0.25, 0.3) is 11.5 Å². The second-order valence-corrected chi connectivity index (χ2v) is 8.54. The Kier molecular flexibility index (Phi) is 6.83. The lowest BCUT2D eigenvalue weighted by Gasteiger charge is -2.18. The summed E-state index contributed by atoms with van der Waals surface area (Å²) in [6.07, 6.45) is 1.71. The Hall–Kier alpha value is -3.09. The molecular formula is C22H22N4O3S2. The Morgan fingerprint density at radius 1 is 1.29 bits per heavy atom. The van der Waals surface area contributed by atoms with Crippen LogP contribution in [0.2, 0.25) is 0 Å². The first-order chi connectivity index (χ1) is 14.8. The van der Waals surface area contributed by atoms with E-state index in [2.05, 4.69) is 5.32 Å². The van der Waals surface area contributed by atoms with Crippen molar-refractivity contribution < 1.29 is 9.53 Å². The highest BCUT2D eigenvalue weighted by molar-refractivity contribution is 8.26. The van der Waals surface area contributed by atoms with E-state index in [4.69, 9.17) is 17.0 Å². The molecule has 9 heteroatoms. The van der Waals surface area contributed by atoms with Gasteiger partial charge in [-0.1, -0.05) is 36.1 Å². The molecule has 31 heavy (non-hydrogen) atoms. The number of aromatic nitrogens is 1. The van der Waals surface area contributed by atoms with Crippen molar-refractivity contribution in [3.63, 3.8) is 0 Å². The van der Waals surface area contributed by atoms with Crippen molar-refractivity contribution in [3.8, 4) is 11.8 Å². The molecule has 0 radical (unpaired) electrons. The molecule has 1 amide bonds. The molecule has 7 nitrogen and oxygen atoms in total. The number of carbonyl (C=O) groups excluding carboxylic acids is 1. The Morgan fingerprint density at radius 3 is 2.52 bits per heavy atom. The number of benzene rings is 1. The number of hydrogen-bond acceptors (Lipinski definition) is 7. The van der Waals surface area contributed by atoms with E-state index in [-0.39, 0.29) is 11.5 Å². The Bertz CT molecular complexity index is 1180. The predicted molar refractivity (Wildman–Crippen MR) is 127 cm³/mol. The average molecular weight is 455 g/mol. The second kappa shape index (κ2) is 9.37. The number of rotatable bonds is 6. The number of amides is 1. The van der Waals surface area contributed by atoms with E-state index < -0.39 is 5.56 Å².